The Kier molecular flexibility index (Phi) is 5.39. The first-order valence-electron chi connectivity index (χ1n) is 8.38. The Balaban J connectivity index is 1.64. The van der Waals surface area contributed by atoms with Crippen molar-refractivity contribution in [2.75, 3.05) is 13.2 Å². The quantitative estimate of drug-likeness (QED) is 0.805. The van der Waals surface area contributed by atoms with E-state index in [9.17, 15) is 18.0 Å². The van der Waals surface area contributed by atoms with Crippen LogP contribution in [0.15, 0.2) is 48.5 Å². The molecule has 1 aliphatic heterocycles. The molecule has 3 rings (SSSR count). The number of alkyl halides is 3. The van der Waals surface area contributed by atoms with Crippen LogP contribution in [0.3, 0.4) is 0 Å². The molecule has 2 aromatic carbocycles. The number of nitrogens with one attached hydrogen (secondary N) is 1. The van der Waals surface area contributed by atoms with Crippen molar-refractivity contribution in [2.24, 2.45) is 0 Å². The van der Waals surface area contributed by atoms with Gasteiger partial charge in [-0.15, -0.1) is 0 Å². The zero-order chi connectivity index (χ0) is 19.4. The molecule has 0 radical (unpaired) electrons. The molecule has 0 aliphatic carbocycles. The fourth-order valence-electron chi connectivity index (χ4n) is 2.66. The van der Waals surface area contributed by atoms with Crippen LogP contribution < -0.4 is 14.8 Å². The summed E-state index contributed by atoms with van der Waals surface area (Å²) in [5.74, 6) is 0.877. The standard InChI is InChI=1S/C20H18F3NO3/c1-13(15-6-7-17-18(12-15)27-10-9-26-17)24-19(25)8-5-14-3-2-4-16(11-14)20(21,22)23/h2-8,11-13H,9-10H2,1H3,(H,24,25)/b8-5+. The minimum Gasteiger partial charge on any atom is -0.486 e. The highest BCUT2D eigenvalue weighted by molar-refractivity contribution is 5.92. The van der Waals surface area contributed by atoms with E-state index in [4.69, 9.17) is 9.47 Å². The van der Waals surface area contributed by atoms with Gasteiger partial charge >= 0.3 is 6.18 Å². The van der Waals surface area contributed by atoms with Crippen molar-refractivity contribution in [3.8, 4) is 11.5 Å². The van der Waals surface area contributed by atoms with Gasteiger partial charge in [0.2, 0.25) is 5.91 Å². The second-order valence-corrected chi connectivity index (χ2v) is 6.09. The Bertz CT molecular complexity index is 862. The number of carbonyl (C=O) groups is 1. The second-order valence-electron chi connectivity index (χ2n) is 6.09. The molecule has 7 heteroatoms. The molecule has 0 spiro atoms. The highest BCUT2D eigenvalue weighted by Crippen LogP contribution is 2.32. The summed E-state index contributed by atoms with van der Waals surface area (Å²) in [5.41, 5.74) is 0.377. The molecule has 1 heterocycles. The maximum atomic E-state index is 12.7. The molecule has 0 saturated heterocycles. The SMILES string of the molecule is CC(NC(=O)/C=C/c1cccc(C(F)(F)F)c1)c1ccc2c(c1)OCCO2. The van der Waals surface area contributed by atoms with E-state index in [1.807, 2.05) is 6.07 Å². The summed E-state index contributed by atoms with van der Waals surface area (Å²) < 4.78 is 49.1. The predicted octanol–water partition coefficient (Wildman–Crippen LogP) is 4.37. The first kappa shape index (κ1) is 18.8. The minimum atomic E-state index is -4.42. The molecular formula is C20H18F3NO3. The third-order valence-corrected chi connectivity index (χ3v) is 4.07. The smallest absolute Gasteiger partial charge is 0.416 e. The molecule has 0 bridgehead atoms. The van der Waals surface area contributed by atoms with Gasteiger partial charge in [-0.2, -0.15) is 13.2 Å². The van der Waals surface area contributed by atoms with Crippen molar-refractivity contribution >= 4 is 12.0 Å². The van der Waals surface area contributed by atoms with Crippen molar-refractivity contribution < 1.29 is 27.4 Å². The first-order valence-corrected chi connectivity index (χ1v) is 8.38. The number of fused-ring (bicyclic) bond motifs is 1. The average Bonchev–Trinajstić information content (AvgIpc) is 2.65. The van der Waals surface area contributed by atoms with Crippen LogP contribution in [0.1, 0.15) is 29.7 Å². The molecule has 1 atom stereocenters. The molecule has 0 aromatic heterocycles. The lowest BCUT2D eigenvalue weighted by atomic mass is 10.1. The number of hydrogen-bond donors (Lipinski definition) is 1. The first-order chi connectivity index (χ1) is 12.8. The zero-order valence-electron chi connectivity index (χ0n) is 14.5. The Morgan fingerprint density at radius 3 is 2.59 bits per heavy atom. The fourth-order valence-corrected chi connectivity index (χ4v) is 2.66. The Hall–Kier alpha value is -2.96. The number of amides is 1. The van der Waals surface area contributed by atoms with Crippen LogP contribution in [0.25, 0.3) is 6.08 Å². The number of rotatable bonds is 4. The molecule has 0 fully saturated rings. The van der Waals surface area contributed by atoms with Gasteiger partial charge in [0.1, 0.15) is 13.2 Å². The van der Waals surface area contributed by atoms with Gasteiger partial charge in [-0.25, -0.2) is 0 Å². The summed E-state index contributed by atoms with van der Waals surface area (Å²) in [7, 11) is 0. The molecule has 2 aromatic rings. The minimum absolute atomic E-state index is 0.298. The molecule has 1 amide bonds. The number of ether oxygens (including phenoxy) is 2. The van der Waals surface area contributed by atoms with Gasteiger partial charge in [0.15, 0.2) is 11.5 Å². The largest absolute Gasteiger partial charge is 0.486 e. The van der Waals surface area contributed by atoms with Gasteiger partial charge in [-0.05, 0) is 48.4 Å². The van der Waals surface area contributed by atoms with Gasteiger partial charge < -0.3 is 14.8 Å². The lowest BCUT2D eigenvalue weighted by Crippen LogP contribution is -2.25. The van der Waals surface area contributed by atoms with Crippen LogP contribution in [0, 0.1) is 0 Å². The Morgan fingerprint density at radius 1 is 1.11 bits per heavy atom. The van der Waals surface area contributed by atoms with E-state index < -0.39 is 17.6 Å². The van der Waals surface area contributed by atoms with Gasteiger partial charge in [0.05, 0.1) is 11.6 Å². The van der Waals surface area contributed by atoms with Gasteiger partial charge in [0, 0.05) is 6.08 Å². The molecule has 27 heavy (non-hydrogen) atoms. The third-order valence-electron chi connectivity index (χ3n) is 4.07. The topological polar surface area (TPSA) is 47.6 Å². The van der Waals surface area contributed by atoms with Crippen LogP contribution in [-0.2, 0) is 11.0 Å². The highest BCUT2D eigenvalue weighted by atomic mass is 19.4. The monoisotopic (exact) mass is 377 g/mol. The van der Waals surface area contributed by atoms with Crippen molar-refractivity contribution in [3.05, 3.63) is 65.2 Å². The number of benzene rings is 2. The Labute approximate surface area is 154 Å². The highest BCUT2D eigenvalue weighted by Gasteiger charge is 2.30. The lowest BCUT2D eigenvalue weighted by Gasteiger charge is -2.20. The molecule has 0 saturated carbocycles. The van der Waals surface area contributed by atoms with Crippen molar-refractivity contribution in [2.45, 2.75) is 19.1 Å². The number of halogens is 3. The van der Waals surface area contributed by atoms with E-state index in [2.05, 4.69) is 5.32 Å². The van der Waals surface area contributed by atoms with Crippen LogP contribution in [-0.4, -0.2) is 19.1 Å². The summed E-state index contributed by atoms with van der Waals surface area (Å²) in [6.07, 6.45) is -1.86. The van der Waals surface area contributed by atoms with Crippen LogP contribution in [0.2, 0.25) is 0 Å². The van der Waals surface area contributed by atoms with E-state index in [1.54, 1.807) is 19.1 Å². The maximum Gasteiger partial charge on any atom is 0.416 e. The normalized spacial score (nSPS) is 14.8. The Morgan fingerprint density at radius 2 is 1.85 bits per heavy atom. The molecule has 1 aliphatic rings. The number of carbonyl (C=O) groups excluding carboxylic acids is 1. The van der Waals surface area contributed by atoms with Crippen LogP contribution in [0.4, 0.5) is 13.2 Å². The molecule has 4 nitrogen and oxygen atoms in total. The van der Waals surface area contributed by atoms with Crippen molar-refractivity contribution in [3.63, 3.8) is 0 Å². The summed E-state index contributed by atoms with van der Waals surface area (Å²) in [6, 6.07) is 9.90. The summed E-state index contributed by atoms with van der Waals surface area (Å²) >= 11 is 0. The van der Waals surface area contributed by atoms with Crippen molar-refractivity contribution in [1.29, 1.82) is 0 Å². The van der Waals surface area contributed by atoms with Gasteiger partial charge in [0.25, 0.3) is 0 Å². The predicted molar refractivity (Wildman–Crippen MR) is 94.5 cm³/mol. The van der Waals surface area contributed by atoms with Crippen molar-refractivity contribution in [1.82, 2.24) is 5.32 Å². The molecular weight excluding hydrogens is 359 g/mol. The maximum absolute atomic E-state index is 12.7. The van der Waals surface area contributed by atoms with E-state index in [0.29, 0.717) is 30.3 Å². The van der Waals surface area contributed by atoms with E-state index >= 15 is 0 Å². The van der Waals surface area contributed by atoms with Crippen LogP contribution in [0.5, 0.6) is 11.5 Å². The van der Waals surface area contributed by atoms with Gasteiger partial charge in [-0.3, -0.25) is 4.79 Å². The summed E-state index contributed by atoms with van der Waals surface area (Å²) in [4.78, 5) is 12.1. The van der Waals surface area contributed by atoms with E-state index in [-0.39, 0.29) is 6.04 Å². The van der Waals surface area contributed by atoms with Gasteiger partial charge in [-0.1, -0.05) is 18.2 Å². The summed E-state index contributed by atoms with van der Waals surface area (Å²) in [5, 5.41) is 2.77. The molecule has 142 valence electrons. The lowest BCUT2D eigenvalue weighted by molar-refractivity contribution is -0.137. The molecule has 1 unspecified atom stereocenters. The zero-order valence-corrected chi connectivity index (χ0v) is 14.5. The molecule has 1 N–H and O–H groups in total. The van der Waals surface area contributed by atoms with E-state index in [1.165, 1.54) is 24.3 Å². The number of hydrogen-bond acceptors (Lipinski definition) is 3. The summed E-state index contributed by atoms with van der Waals surface area (Å²) in [6.45, 7) is 2.78. The average molecular weight is 377 g/mol. The second kappa shape index (κ2) is 7.73. The van der Waals surface area contributed by atoms with E-state index in [0.717, 1.165) is 17.7 Å². The van der Waals surface area contributed by atoms with Crippen LogP contribution >= 0.6 is 0 Å². The fraction of sp³-hybridized carbons (Fsp3) is 0.250. The third kappa shape index (κ3) is 4.81.